The topological polar surface area (TPSA) is 43.8 Å². The minimum atomic E-state index is -0.560. The van der Waals surface area contributed by atoms with Crippen molar-refractivity contribution in [3.05, 3.63) is 35.4 Å². The molecule has 0 bridgehead atoms. The highest BCUT2D eigenvalue weighted by Gasteiger charge is 2.15. The van der Waals surface area contributed by atoms with Crippen molar-refractivity contribution >= 4 is 5.91 Å². The van der Waals surface area contributed by atoms with E-state index >= 15 is 0 Å². The number of hydrogen-bond donors (Lipinski definition) is 1. The van der Waals surface area contributed by atoms with Crippen LogP contribution in [-0.4, -0.2) is 54.5 Å². The second kappa shape index (κ2) is 7.26. The molecule has 0 fully saturated rings. The molecule has 1 N–H and O–H groups in total. The molecule has 19 heavy (non-hydrogen) atoms. The fourth-order valence-electron chi connectivity index (χ4n) is 1.78. The quantitative estimate of drug-likeness (QED) is 0.845. The zero-order chi connectivity index (χ0) is 14.4. The molecule has 0 radical (unpaired) electrons. The molecular formula is C15H24N2O2. The molecule has 106 valence electrons. The molecule has 1 amide bonds. The minimum Gasteiger partial charge on any atom is -0.387 e. The summed E-state index contributed by atoms with van der Waals surface area (Å²) >= 11 is 0. The predicted molar refractivity (Wildman–Crippen MR) is 76.9 cm³/mol. The van der Waals surface area contributed by atoms with Crippen molar-refractivity contribution in [2.45, 2.75) is 20.0 Å². The lowest BCUT2D eigenvalue weighted by Crippen LogP contribution is -2.38. The first-order chi connectivity index (χ1) is 8.93. The van der Waals surface area contributed by atoms with Crippen molar-refractivity contribution in [3.8, 4) is 0 Å². The fraction of sp³-hybridized carbons (Fsp3) is 0.533. The lowest BCUT2D eigenvalue weighted by molar-refractivity contribution is -0.130. The first-order valence-corrected chi connectivity index (χ1v) is 6.61. The number of hydrogen-bond acceptors (Lipinski definition) is 3. The van der Waals surface area contributed by atoms with Crippen LogP contribution in [0.4, 0.5) is 0 Å². The lowest BCUT2D eigenvalue weighted by atomic mass is 10.1. The van der Waals surface area contributed by atoms with Gasteiger partial charge in [-0.1, -0.05) is 36.8 Å². The summed E-state index contributed by atoms with van der Waals surface area (Å²) in [5.74, 6) is 0.0537. The van der Waals surface area contributed by atoms with Crippen molar-refractivity contribution in [1.29, 1.82) is 0 Å². The second-order valence-electron chi connectivity index (χ2n) is 5.04. The third kappa shape index (κ3) is 5.01. The van der Waals surface area contributed by atoms with Crippen LogP contribution < -0.4 is 0 Å². The molecule has 0 saturated heterocycles. The van der Waals surface area contributed by atoms with E-state index < -0.39 is 6.10 Å². The van der Waals surface area contributed by atoms with Gasteiger partial charge in [0.05, 0.1) is 12.6 Å². The van der Waals surface area contributed by atoms with E-state index in [0.29, 0.717) is 13.1 Å². The highest BCUT2D eigenvalue weighted by Crippen LogP contribution is 2.15. The van der Waals surface area contributed by atoms with Crippen LogP contribution in [0.1, 0.15) is 24.2 Å². The van der Waals surface area contributed by atoms with E-state index in [-0.39, 0.29) is 5.91 Å². The van der Waals surface area contributed by atoms with Gasteiger partial charge in [-0.3, -0.25) is 9.69 Å². The highest BCUT2D eigenvalue weighted by molar-refractivity contribution is 5.77. The summed E-state index contributed by atoms with van der Waals surface area (Å²) in [5, 5.41) is 10.2. The molecule has 4 heteroatoms. The summed E-state index contributed by atoms with van der Waals surface area (Å²) in [6, 6.07) is 7.84. The smallest absolute Gasteiger partial charge is 0.236 e. The molecule has 1 aromatic rings. The Bertz CT molecular complexity index is 401. The molecule has 0 heterocycles. The van der Waals surface area contributed by atoms with Gasteiger partial charge in [0, 0.05) is 20.6 Å². The van der Waals surface area contributed by atoms with E-state index in [1.807, 2.05) is 43.0 Å². The molecule has 1 unspecified atom stereocenters. The van der Waals surface area contributed by atoms with Crippen LogP contribution in [0.2, 0.25) is 0 Å². The maximum Gasteiger partial charge on any atom is 0.236 e. The zero-order valence-corrected chi connectivity index (χ0v) is 12.3. The average Bonchev–Trinajstić information content (AvgIpc) is 2.38. The molecular weight excluding hydrogens is 240 g/mol. The van der Waals surface area contributed by atoms with Gasteiger partial charge in [-0.25, -0.2) is 0 Å². The molecule has 4 nitrogen and oxygen atoms in total. The molecule has 0 aromatic heterocycles. The number of amides is 1. The molecule has 0 spiro atoms. The van der Waals surface area contributed by atoms with Gasteiger partial charge in [-0.15, -0.1) is 0 Å². The Morgan fingerprint density at radius 2 is 1.84 bits per heavy atom. The first kappa shape index (κ1) is 15.7. The largest absolute Gasteiger partial charge is 0.387 e. The Morgan fingerprint density at radius 1 is 1.26 bits per heavy atom. The number of carbonyl (C=O) groups is 1. The molecule has 1 rings (SSSR count). The molecule has 1 atom stereocenters. The van der Waals surface area contributed by atoms with E-state index in [9.17, 15) is 9.90 Å². The van der Waals surface area contributed by atoms with Crippen LogP contribution in [0.15, 0.2) is 24.3 Å². The number of rotatable bonds is 6. The molecule has 0 aliphatic carbocycles. The van der Waals surface area contributed by atoms with E-state index in [2.05, 4.69) is 0 Å². The van der Waals surface area contributed by atoms with Gasteiger partial charge in [0.15, 0.2) is 0 Å². The Balaban J connectivity index is 2.60. The fourth-order valence-corrected chi connectivity index (χ4v) is 1.78. The summed E-state index contributed by atoms with van der Waals surface area (Å²) in [4.78, 5) is 15.2. The number of aryl methyl sites for hydroxylation is 1. The van der Waals surface area contributed by atoms with Crippen LogP contribution in [-0.2, 0) is 4.79 Å². The number of likely N-dealkylation sites (N-methyl/N-ethyl adjacent to an activating group) is 2. The number of benzene rings is 1. The maximum atomic E-state index is 11.7. The Morgan fingerprint density at radius 3 is 2.32 bits per heavy atom. The molecule has 0 aliphatic rings. The predicted octanol–water partition coefficient (Wildman–Crippen LogP) is 1.44. The number of nitrogens with zero attached hydrogens (tertiary/aromatic N) is 2. The van der Waals surface area contributed by atoms with Crippen LogP contribution in [0.3, 0.4) is 0 Å². The Kier molecular flexibility index (Phi) is 5.99. The van der Waals surface area contributed by atoms with Gasteiger partial charge < -0.3 is 10.0 Å². The lowest BCUT2D eigenvalue weighted by Gasteiger charge is -2.24. The minimum absolute atomic E-state index is 0.0537. The highest BCUT2D eigenvalue weighted by atomic mass is 16.3. The summed E-state index contributed by atoms with van der Waals surface area (Å²) in [5.41, 5.74) is 2.06. The monoisotopic (exact) mass is 264 g/mol. The van der Waals surface area contributed by atoms with Crippen molar-refractivity contribution in [2.24, 2.45) is 0 Å². The average molecular weight is 264 g/mol. The number of aliphatic hydroxyl groups is 1. The standard InChI is InChI=1S/C15H24N2O2/c1-5-17(11-15(19)16(3)4)10-14(18)13-8-6-12(2)7-9-13/h6-9,14,18H,5,10-11H2,1-4H3. The van der Waals surface area contributed by atoms with E-state index in [4.69, 9.17) is 0 Å². The third-order valence-corrected chi connectivity index (χ3v) is 3.20. The van der Waals surface area contributed by atoms with Gasteiger partial charge in [0.2, 0.25) is 5.91 Å². The Labute approximate surface area is 115 Å². The summed E-state index contributed by atoms with van der Waals surface area (Å²) in [6.45, 7) is 5.56. The number of aliphatic hydroxyl groups excluding tert-OH is 1. The van der Waals surface area contributed by atoms with E-state index in [1.54, 1.807) is 19.0 Å². The van der Waals surface area contributed by atoms with Crippen molar-refractivity contribution in [2.75, 3.05) is 33.7 Å². The van der Waals surface area contributed by atoms with Crippen molar-refractivity contribution < 1.29 is 9.90 Å². The third-order valence-electron chi connectivity index (χ3n) is 3.20. The van der Waals surface area contributed by atoms with E-state index in [0.717, 1.165) is 12.1 Å². The first-order valence-electron chi connectivity index (χ1n) is 6.61. The van der Waals surface area contributed by atoms with Crippen LogP contribution in [0.25, 0.3) is 0 Å². The SMILES string of the molecule is CCN(CC(=O)N(C)C)CC(O)c1ccc(C)cc1. The second-order valence-corrected chi connectivity index (χ2v) is 5.04. The van der Waals surface area contributed by atoms with Gasteiger partial charge in [0.25, 0.3) is 0 Å². The zero-order valence-electron chi connectivity index (χ0n) is 12.3. The summed E-state index contributed by atoms with van der Waals surface area (Å²) < 4.78 is 0. The van der Waals surface area contributed by atoms with Crippen molar-refractivity contribution in [3.63, 3.8) is 0 Å². The maximum absolute atomic E-state index is 11.7. The molecule has 0 aliphatic heterocycles. The Hall–Kier alpha value is -1.39. The van der Waals surface area contributed by atoms with Gasteiger partial charge in [-0.2, -0.15) is 0 Å². The molecule has 0 saturated carbocycles. The number of carbonyl (C=O) groups excluding carboxylic acids is 1. The van der Waals surface area contributed by atoms with Gasteiger partial charge in [0.1, 0.15) is 0 Å². The van der Waals surface area contributed by atoms with Crippen LogP contribution in [0.5, 0.6) is 0 Å². The van der Waals surface area contributed by atoms with Crippen molar-refractivity contribution in [1.82, 2.24) is 9.80 Å². The van der Waals surface area contributed by atoms with Crippen LogP contribution >= 0.6 is 0 Å². The summed E-state index contributed by atoms with van der Waals surface area (Å²) in [6.07, 6.45) is -0.560. The van der Waals surface area contributed by atoms with Crippen LogP contribution in [0, 0.1) is 6.92 Å². The normalized spacial score (nSPS) is 12.5. The summed E-state index contributed by atoms with van der Waals surface area (Å²) in [7, 11) is 3.49. The molecule has 1 aromatic carbocycles. The van der Waals surface area contributed by atoms with Gasteiger partial charge in [-0.05, 0) is 19.0 Å². The van der Waals surface area contributed by atoms with E-state index in [1.165, 1.54) is 5.56 Å². The van der Waals surface area contributed by atoms with Gasteiger partial charge >= 0.3 is 0 Å².